The molecule has 0 bridgehead atoms. The number of nitrogens with zero attached hydrogens (tertiary/aromatic N) is 5. The Hall–Kier alpha value is -3.92. The Balaban J connectivity index is 1.31. The van der Waals surface area contributed by atoms with Crippen LogP contribution in [0.2, 0.25) is 0 Å². The molecule has 10 nitrogen and oxygen atoms in total. The molecule has 2 aromatic heterocycles. The van der Waals surface area contributed by atoms with Crippen molar-refractivity contribution in [2.45, 2.75) is 51.4 Å². The first kappa shape index (κ1) is 22.5. The lowest BCUT2D eigenvalue weighted by molar-refractivity contribution is 0.174. The predicted molar refractivity (Wildman–Crippen MR) is 132 cm³/mol. The molecule has 1 fully saturated rings. The second-order valence-electron chi connectivity index (χ2n) is 9.39. The van der Waals surface area contributed by atoms with E-state index >= 15 is 0 Å². The van der Waals surface area contributed by atoms with Crippen molar-refractivity contribution in [3.05, 3.63) is 69.8 Å². The van der Waals surface area contributed by atoms with Crippen LogP contribution in [-0.2, 0) is 19.6 Å². The molecule has 0 spiro atoms. The smallest absolute Gasteiger partial charge is 0.252 e. The first-order valence-electron chi connectivity index (χ1n) is 12.2. The Kier molecular flexibility index (Phi) is 6.02. The summed E-state index contributed by atoms with van der Waals surface area (Å²) in [4.78, 5) is 18.3. The van der Waals surface area contributed by atoms with Crippen LogP contribution >= 0.6 is 0 Å². The number of hydrogen-bond acceptors (Lipinski definition) is 8. The molecule has 4 aromatic rings. The Morgan fingerprint density at radius 1 is 1.06 bits per heavy atom. The minimum atomic E-state index is -0.128. The van der Waals surface area contributed by atoms with Gasteiger partial charge < -0.3 is 19.2 Å². The fourth-order valence-electron chi connectivity index (χ4n) is 5.11. The second-order valence-corrected chi connectivity index (χ2v) is 9.39. The summed E-state index contributed by atoms with van der Waals surface area (Å²) in [5.74, 6) is 2.95. The van der Waals surface area contributed by atoms with Crippen LogP contribution in [0, 0.1) is 0 Å². The fourth-order valence-corrected chi connectivity index (χ4v) is 5.11. The van der Waals surface area contributed by atoms with E-state index in [1.165, 1.54) is 12.8 Å². The number of pyridine rings is 1. The minimum Gasteiger partial charge on any atom is -0.497 e. The topological polar surface area (TPSA) is 107 Å². The number of ether oxygens (including phenoxy) is 3. The van der Waals surface area contributed by atoms with Crippen LogP contribution in [0.1, 0.15) is 48.7 Å². The number of fused-ring (bicyclic) bond motifs is 2. The molecule has 0 atom stereocenters. The first-order valence-corrected chi connectivity index (χ1v) is 12.2. The molecular weight excluding hydrogens is 460 g/mol. The van der Waals surface area contributed by atoms with E-state index in [2.05, 4.69) is 25.4 Å². The number of aromatic amines is 1. The standard InChI is InChI=1S/C26H28N6O4/c1-34-21-8-6-17(7-9-21)13-31(15-25-28-29-30-32(25)20-4-2-3-5-20)14-19-10-18-11-23-24(36-16-35-23)12-22(18)27-26(19)33/h6-12,20H,2-5,13-16H2,1H3,(H,27,33). The highest BCUT2D eigenvalue weighted by Crippen LogP contribution is 2.35. The van der Waals surface area contributed by atoms with Crippen molar-refractivity contribution in [3.8, 4) is 17.2 Å². The van der Waals surface area contributed by atoms with Crippen molar-refractivity contribution in [2.24, 2.45) is 0 Å². The summed E-state index contributed by atoms with van der Waals surface area (Å²) in [7, 11) is 1.66. The van der Waals surface area contributed by atoms with Gasteiger partial charge in [0, 0.05) is 30.1 Å². The van der Waals surface area contributed by atoms with Crippen molar-refractivity contribution in [1.82, 2.24) is 30.1 Å². The van der Waals surface area contributed by atoms with E-state index in [4.69, 9.17) is 14.2 Å². The van der Waals surface area contributed by atoms with Crippen molar-refractivity contribution in [1.29, 1.82) is 0 Å². The number of tetrazole rings is 1. The normalized spacial score (nSPS) is 15.3. The van der Waals surface area contributed by atoms with Gasteiger partial charge in [0.1, 0.15) is 5.75 Å². The maximum absolute atomic E-state index is 13.1. The van der Waals surface area contributed by atoms with Crippen LogP contribution in [0.4, 0.5) is 0 Å². The summed E-state index contributed by atoms with van der Waals surface area (Å²) in [5, 5.41) is 13.5. The molecule has 2 aliphatic rings. The molecular formula is C26H28N6O4. The zero-order valence-corrected chi connectivity index (χ0v) is 20.1. The maximum Gasteiger partial charge on any atom is 0.252 e. The zero-order chi connectivity index (χ0) is 24.5. The molecule has 10 heteroatoms. The van der Waals surface area contributed by atoms with E-state index in [1.807, 2.05) is 47.1 Å². The molecule has 1 saturated carbocycles. The highest BCUT2D eigenvalue weighted by molar-refractivity contribution is 5.83. The SMILES string of the molecule is COc1ccc(CN(Cc2cc3cc4c(cc3[nH]c2=O)OCO4)Cc2nnnn2C2CCCC2)cc1. The molecule has 0 radical (unpaired) electrons. The van der Waals surface area contributed by atoms with Gasteiger partial charge in [-0.05, 0) is 53.1 Å². The van der Waals surface area contributed by atoms with Crippen LogP contribution in [-0.4, -0.2) is 44.0 Å². The molecule has 0 amide bonds. The van der Waals surface area contributed by atoms with E-state index in [9.17, 15) is 4.79 Å². The minimum absolute atomic E-state index is 0.128. The molecule has 2 aromatic carbocycles. The summed E-state index contributed by atoms with van der Waals surface area (Å²) in [6.45, 7) is 1.77. The fraction of sp³-hybridized carbons (Fsp3) is 0.385. The Labute approximate surface area is 207 Å². The Morgan fingerprint density at radius 3 is 2.61 bits per heavy atom. The van der Waals surface area contributed by atoms with Gasteiger partial charge in [0.05, 0.1) is 25.2 Å². The zero-order valence-electron chi connectivity index (χ0n) is 20.1. The molecule has 0 saturated heterocycles. The Morgan fingerprint density at radius 2 is 1.83 bits per heavy atom. The highest BCUT2D eigenvalue weighted by Gasteiger charge is 2.23. The van der Waals surface area contributed by atoms with E-state index in [0.717, 1.165) is 40.9 Å². The number of nitrogens with one attached hydrogen (secondary N) is 1. The third-order valence-corrected chi connectivity index (χ3v) is 6.97. The summed E-state index contributed by atoms with van der Waals surface area (Å²) < 4.78 is 18.3. The van der Waals surface area contributed by atoms with Gasteiger partial charge in [-0.1, -0.05) is 25.0 Å². The molecule has 36 heavy (non-hydrogen) atoms. The number of hydrogen-bond donors (Lipinski definition) is 1. The summed E-state index contributed by atoms with van der Waals surface area (Å²) in [5.41, 5.74) is 2.36. The maximum atomic E-state index is 13.1. The van der Waals surface area contributed by atoms with Crippen molar-refractivity contribution in [3.63, 3.8) is 0 Å². The molecule has 3 heterocycles. The van der Waals surface area contributed by atoms with Gasteiger partial charge in [0.25, 0.3) is 5.56 Å². The predicted octanol–water partition coefficient (Wildman–Crippen LogP) is 3.57. The lowest BCUT2D eigenvalue weighted by atomic mass is 10.1. The molecule has 6 rings (SSSR count). The van der Waals surface area contributed by atoms with Gasteiger partial charge in [0.15, 0.2) is 17.3 Å². The van der Waals surface area contributed by atoms with Crippen LogP contribution in [0.5, 0.6) is 17.2 Å². The van der Waals surface area contributed by atoms with Gasteiger partial charge in [-0.25, -0.2) is 4.68 Å². The monoisotopic (exact) mass is 488 g/mol. The van der Waals surface area contributed by atoms with Crippen LogP contribution in [0.3, 0.4) is 0 Å². The molecule has 1 N–H and O–H groups in total. The summed E-state index contributed by atoms with van der Waals surface area (Å²) in [6, 6.07) is 14.0. The van der Waals surface area contributed by atoms with Crippen molar-refractivity contribution in [2.75, 3.05) is 13.9 Å². The lowest BCUT2D eigenvalue weighted by Gasteiger charge is -2.23. The van der Waals surface area contributed by atoms with Crippen LogP contribution in [0.15, 0.2) is 47.3 Å². The average molecular weight is 489 g/mol. The quantitative estimate of drug-likeness (QED) is 0.401. The third kappa shape index (κ3) is 4.51. The molecule has 0 unspecified atom stereocenters. The van der Waals surface area contributed by atoms with Crippen molar-refractivity contribution < 1.29 is 14.2 Å². The Bertz CT molecular complexity index is 1420. The number of rotatable bonds is 8. The number of H-pyrrole nitrogens is 1. The second kappa shape index (κ2) is 9.62. The van der Waals surface area contributed by atoms with E-state index in [1.54, 1.807) is 7.11 Å². The molecule has 1 aliphatic carbocycles. The summed E-state index contributed by atoms with van der Waals surface area (Å²) >= 11 is 0. The first-order chi connectivity index (χ1) is 17.7. The van der Waals surface area contributed by atoms with Gasteiger partial charge in [-0.2, -0.15) is 0 Å². The number of methoxy groups -OCH3 is 1. The third-order valence-electron chi connectivity index (χ3n) is 6.97. The van der Waals surface area contributed by atoms with E-state index < -0.39 is 0 Å². The largest absolute Gasteiger partial charge is 0.497 e. The van der Waals surface area contributed by atoms with E-state index in [0.29, 0.717) is 42.7 Å². The average Bonchev–Trinajstić information content (AvgIpc) is 3.65. The van der Waals surface area contributed by atoms with Gasteiger partial charge in [0.2, 0.25) is 6.79 Å². The van der Waals surface area contributed by atoms with Crippen LogP contribution in [0.25, 0.3) is 10.9 Å². The number of aromatic nitrogens is 5. The molecule has 1 aliphatic heterocycles. The van der Waals surface area contributed by atoms with Crippen LogP contribution < -0.4 is 19.8 Å². The van der Waals surface area contributed by atoms with Gasteiger partial charge in [-0.15, -0.1) is 5.10 Å². The number of benzene rings is 2. The summed E-state index contributed by atoms with van der Waals surface area (Å²) in [6.07, 6.45) is 4.59. The molecule has 186 valence electrons. The van der Waals surface area contributed by atoms with Gasteiger partial charge >= 0.3 is 0 Å². The van der Waals surface area contributed by atoms with Gasteiger partial charge in [-0.3, -0.25) is 9.69 Å². The van der Waals surface area contributed by atoms with Crippen molar-refractivity contribution >= 4 is 10.9 Å². The van der Waals surface area contributed by atoms with E-state index in [-0.39, 0.29) is 12.4 Å². The highest BCUT2D eigenvalue weighted by atomic mass is 16.7. The lowest BCUT2D eigenvalue weighted by Crippen LogP contribution is -2.28.